The van der Waals surface area contributed by atoms with Crippen molar-refractivity contribution in [2.75, 3.05) is 0 Å². The van der Waals surface area contributed by atoms with Gasteiger partial charge in [-0.3, -0.25) is 18.6 Å². The number of aryl methyl sites for hydroxylation is 1. The standard InChI is InChI=1S/C23H23BrN4O2S/c1-3-4-5-9-28-22(30)18-12-16(24)6-7-19(18)26-23(28)31-14-17-13-21(29)27-10-8-15(2)11-20(27)25-17/h6-8,10-13H,3-5,9,14H2,1-2H3. The quantitative estimate of drug-likeness (QED) is 0.204. The van der Waals surface area contributed by atoms with Crippen molar-refractivity contribution in [2.45, 2.75) is 50.6 Å². The molecular formula is C23H23BrN4O2S. The maximum Gasteiger partial charge on any atom is 0.262 e. The maximum atomic E-state index is 13.2. The Bertz CT molecular complexity index is 1380. The normalized spacial score (nSPS) is 11.5. The van der Waals surface area contributed by atoms with Gasteiger partial charge >= 0.3 is 0 Å². The summed E-state index contributed by atoms with van der Waals surface area (Å²) < 4.78 is 4.15. The SMILES string of the molecule is CCCCCn1c(SCc2cc(=O)n3ccc(C)cc3n2)nc2ccc(Br)cc2c1=O. The van der Waals surface area contributed by atoms with Gasteiger partial charge in [-0.1, -0.05) is 47.5 Å². The van der Waals surface area contributed by atoms with Crippen LogP contribution < -0.4 is 11.1 Å². The summed E-state index contributed by atoms with van der Waals surface area (Å²) in [5.41, 5.74) is 2.86. The smallest absolute Gasteiger partial charge is 0.262 e. The minimum atomic E-state index is -0.114. The predicted molar refractivity (Wildman–Crippen MR) is 129 cm³/mol. The van der Waals surface area contributed by atoms with Gasteiger partial charge < -0.3 is 0 Å². The molecule has 0 saturated heterocycles. The monoisotopic (exact) mass is 498 g/mol. The van der Waals surface area contributed by atoms with Crippen LogP contribution in [-0.2, 0) is 12.3 Å². The summed E-state index contributed by atoms with van der Waals surface area (Å²) in [4.78, 5) is 35.1. The van der Waals surface area contributed by atoms with Gasteiger partial charge in [0.15, 0.2) is 5.16 Å². The second-order valence-corrected chi connectivity index (χ2v) is 9.38. The summed E-state index contributed by atoms with van der Waals surface area (Å²) >= 11 is 4.89. The highest BCUT2D eigenvalue weighted by atomic mass is 79.9. The summed E-state index contributed by atoms with van der Waals surface area (Å²) in [6.07, 6.45) is 4.79. The zero-order chi connectivity index (χ0) is 22.0. The number of benzene rings is 1. The summed E-state index contributed by atoms with van der Waals surface area (Å²) in [5.74, 6) is 0.460. The predicted octanol–water partition coefficient (Wildman–Crippen LogP) is 4.96. The van der Waals surface area contributed by atoms with Crippen LogP contribution in [0.5, 0.6) is 0 Å². The molecule has 0 amide bonds. The fraction of sp³-hybridized carbons (Fsp3) is 0.304. The lowest BCUT2D eigenvalue weighted by Gasteiger charge is -2.13. The van der Waals surface area contributed by atoms with E-state index in [-0.39, 0.29) is 11.1 Å². The van der Waals surface area contributed by atoms with Crippen molar-refractivity contribution in [3.05, 3.63) is 79.0 Å². The molecule has 0 unspecified atom stereocenters. The number of hydrogen-bond donors (Lipinski definition) is 0. The van der Waals surface area contributed by atoms with E-state index < -0.39 is 0 Å². The van der Waals surface area contributed by atoms with E-state index in [4.69, 9.17) is 4.98 Å². The highest BCUT2D eigenvalue weighted by Crippen LogP contribution is 2.23. The van der Waals surface area contributed by atoms with Crippen molar-refractivity contribution in [2.24, 2.45) is 0 Å². The second-order valence-electron chi connectivity index (χ2n) is 7.53. The maximum absolute atomic E-state index is 13.2. The number of rotatable bonds is 7. The van der Waals surface area contributed by atoms with Crippen LogP contribution in [0.2, 0.25) is 0 Å². The molecule has 3 heterocycles. The molecule has 4 aromatic rings. The van der Waals surface area contributed by atoms with Gasteiger partial charge in [0.05, 0.1) is 16.6 Å². The molecule has 1 aromatic carbocycles. The number of pyridine rings is 1. The Balaban J connectivity index is 1.71. The Morgan fingerprint density at radius 3 is 2.71 bits per heavy atom. The molecule has 0 aliphatic carbocycles. The number of hydrogen-bond acceptors (Lipinski definition) is 5. The minimum absolute atomic E-state index is 0.0351. The first kappa shape index (κ1) is 21.8. The summed E-state index contributed by atoms with van der Waals surface area (Å²) in [6, 6.07) is 10.9. The van der Waals surface area contributed by atoms with Crippen LogP contribution in [0.1, 0.15) is 37.4 Å². The number of nitrogens with zero attached hydrogens (tertiary/aromatic N) is 4. The van der Waals surface area contributed by atoms with Gasteiger partial charge in [-0.25, -0.2) is 9.97 Å². The van der Waals surface area contributed by atoms with Gasteiger partial charge in [0.1, 0.15) is 5.65 Å². The van der Waals surface area contributed by atoms with Crippen LogP contribution in [0.3, 0.4) is 0 Å². The van der Waals surface area contributed by atoms with Crippen LogP contribution in [0.15, 0.2) is 61.8 Å². The van der Waals surface area contributed by atoms with E-state index in [0.717, 1.165) is 29.3 Å². The first-order valence-electron chi connectivity index (χ1n) is 10.3. The Kier molecular flexibility index (Phi) is 6.57. The molecule has 8 heteroatoms. The molecule has 0 radical (unpaired) electrons. The first-order chi connectivity index (χ1) is 15.0. The van der Waals surface area contributed by atoms with Gasteiger partial charge in [-0.15, -0.1) is 0 Å². The molecule has 0 N–H and O–H groups in total. The van der Waals surface area contributed by atoms with E-state index in [9.17, 15) is 9.59 Å². The lowest BCUT2D eigenvalue weighted by atomic mass is 10.2. The Morgan fingerprint density at radius 2 is 1.90 bits per heavy atom. The summed E-state index contributed by atoms with van der Waals surface area (Å²) in [6.45, 7) is 4.73. The largest absolute Gasteiger partial charge is 0.287 e. The fourth-order valence-electron chi connectivity index (χ4n) is 3.47. The van der Waals surface area contributed by atoms with Gasteiger partial charge in [0.2, 0.25) is 0 Å². The molecule has 0 atom stereocenters. The number of thioether (sulfide) groups is 1. The zero-order valence-corrected chi connectivity index (χ0v) is 19.9. The van der Waals surface area contributed by atoms with Crippen LogP contribution in [0.25, 0.3) is 16.6 Å². The molecular weight excluding hydrogens is 476 g/mol. The van der Waals surface area contributed by atoms with E-state index in [1.165, 1.54) is 16.2 Å². The van der Waals surface area contributed by atoms with E-state index >= 15 is 0 Å². The van der Waals surface area contributed by atoms with Crippen molar-refractivity contribution >= 4 is 44.2 Å². The van der Waals surface area contributed by atoms with Crippen molar-refractivity contribution < 1.29 is 0 Å². The minimum Gasteiger partial charge on any atom is -0.287 e. The molecule has 6 nitrogen and oxygen atoms in total. The van der Waals surface area contributed by atoms with Crippen molar-refractivity contribution in [3.63, 3.8) is 0 Å². The highest BCUT2D eigenvalue weighted by molar-refractivity contribution is 9.10. The lowest BCUT2D eigenvalue weighted by molar-refractivity contribution is 0.541. The third-order valence-electron chi connectivity index (χ3n) is 5.09. The van der Waals surface area contributed by atoms with Crippen molar-refractivity contribution in [1.29, 1.82) is 0 Å². The van der Waals surface area contributed by atoms with Gasteiger partial charge in [0.25, 0.3) is 11.1 Å². The lowest BCUT2D eigenvalue weighted by Crippen LogP contribution is -2.23. The molecule has 31 heavy (non-hydrogen) atoms. The molecule has 0 bridgehead atoms. The molecule has 160 valence electrons. The van der Waals surface area contributed by atoms with E-state index in [2.05, 4.69) is 27.8 Å². The van der Waals surface area contributed by atoms with Crippen LogP contribution >= 0.6 is 27.7 Å². The molecule has 0 spiro atoms. The molecule has 0 fully saturated rings. The summed E-state index contributed by atoms with van der Waals surface area (Å²) in [5, 5.41) is 1.26. The summed E-state index contributed by atoms with van der Waals surface area (Å²) in [7, 11) is 0. The second kappa shape index (κ2) is 9.36. The first-order valence-corrected chi connectivity index (χ1v) is 12.1. The third kappa shape index (κ3) is 4.75. The van der Waals surface area contributed by atoms with Gasteiger partial charge in [0, 0.05) is 29.0 Å². The molecule has 0 saturated carbocycles. The Morgan fingerprint density at radius 1 is 1.06 bits per heavy atom. The Labute approximate surface area is 192 Å². The topological polar surface area (TPSA) is 69.3 Å². The number of halogens is 1. The van der Waals surface area contributed by atoms with Crippen LogP contribution in [-0.4, -0.2) is 18.9 Å². The van der Waals surface area contributed by atoms with E-state index in [1.807, 2.05) is 37.3 Å². The number of fused-ring (bicyclic) bond motifs is 2. The number of unbranched alkanes of at least 4 members (excludes halogenated alkanes) is 2. The molecule has 4 rings (SSSR count). The third-order valence-corrected chi connectivity index (χ3v) is 6.59. The van der Waals surface area contributed by atoms with Gasteiger partial charge in [-0.05, 0) is 49.2 Å². The zero-order valence-electron chi connectivity index (χ0n) is 17.5. The Hall–Kier alpha value is -2.45. The van der Waals surface area contributed by atoms with Crippen molar-refractivity contribution in [1.82, 2.24) is 18.9 Å². The molecule has 0 aliphatic rings. The van der Waals surface area contributed by atoms with E-state index in [1.54, 1.807) is 16.8 Å². The highest BCUT2D eigenvalue weighted by Gasteiger charge is 2.13. The average molecular weight is 499 g/mol. The fourth-order valence-corrected chi connectivity index (χ4v) is 4.75. The van der Waals surface area contributed by atoms with E-state index in [0.29, 0.717) is 39.7 Å². The van der Waals surface area contributed by atoms with Crippen LogP contribution in [0, 0.1) is 6.92 Å². The number of aromatic nitrogens is 4. The van der Waals surface area contributed by atoms with Crippen molar-refractivity contribution in [3.8, 4) is 0 Å². The molecule has 0 aliphatic heterocycles. The van der Waals surface area contributed by atoms with Gasteiger partial charge in [-0.2, -0.15) is 0 Å². The van der Waals surface area contributed by atoms with Crippen LogP contribution in [0.4, 0.5) is 0 Å². The average Bonchev–Trinajstić information content (AvgIpc) is 2.74. The molecule has 3 aromatic heterocycles.